The van der Waals surface area contributed by atoms with E-state index in [0.717, 1.165) is 13.0 Å². The maximum atomic E-state index is 5.00. The predicted octanol–water partition coefficient (Wildman–Crippen LogP) is 3.46. The molecule has 0 atom stereocenters. The molecule has 0 heterocycles. The lowest BCUT2D eigenvalue weighted by molar-refractivity contribution is -0.0312. The molecule has 0 unspecified atom stereocenters. The Morgan fingerprint density at radius 1 is 1.00 bits per heavy atom. The predicted molar refractivity (Wildman–Crippen MR) is 55.4 cm³/mol. The van der Waals surface area contributed by atoms with Crippen LogP contribution in [0.3, 0.4) is 0 Å². The zero-order chi connectivity index (χ0) is 10.2. The first-order valence-electron chi connectivity index (χ1n) is 4.98. The monoisotopic (exact) mass is 178 g/mol. The van der Waals surface area contributed by atoms with Gasteiger partial charge in [-0.05, 0) is 6.42 Å². The van der Waals surface area contributed by atoms with Crippen LogP contribution >= 0.6 is 0 Å². The molecule has 78 valence electrons. The SMILES string of the molecule is CC.CC.CCCCOCOC. The highest BCUT2D eigenvalue weighted by molar-refractivity contribution is 4.27. The molecule has 0 aromatic carbocycles. The summed E-state index contributed by atoms with van der Waals surface area (Å²) in [4.78, 5) is 0. The van der Waals surface area contributed by atoms with E-state index in [1.807, 2.05) is 27.7 Å². The summed E-state index contributed by atoms with van der Waals surface area (Å²) in [5.41, 5.74) is 0. The van der Waals surface area contributed by atoms with Gasteiger partial charge in [-0.2, -0.15) is 0 Å². The zero-order valence-electron chi connectivity index (χ0n) is 9.64. The number of hydrogen-bond acceptors (Lipinski definition) is 2. The molecule has 0 rings (SSSR count). The second kappa shape index (κ2) is 30.7. The molecule has 0 aromatic rings. The number of rotatable bonds is 5. The lowest BCUT2D eigenvalue weighted by Crippen LogP contribution is -1.97. The Morgan fingerprint density at radius 2 is 1.50 bits per heavy atom. The summed E-state index contributed by atoms with van der Waals surface area (Å²) in [6, 6.07) is 0. The molecule has 0 fully saturated rings. The fourth-order valence-electron chi connectivity index (χ4n) is 0.389. The average molecular weight is 178 g/mol. The van der Waals surface area contributed by atoms with Crippen LogP contribution in [-0.2, 0) is 9.47 Å². The zero-order valence-corrected chi connectivity index (χ0v) is 9.64. The van der Waals surface area contributed by atoms with Crippen molar-refractivity contribution < 1.29 is 9.47 Å². The van der Waals surface area contributed by atoms with Crippen LogP contribution in [-0.4, -0.2) is 20.5 Å². The highest BCUT2D eigenvalue weighted by Crippen LogP contribution is 1.86. The van der Waals surface area contributed by atoms with Gasteiger partial charge in [-0.25, -0.2) is 0 Å². The Kier molecular flexibility index (Phi) is 45.6. The second-order valence-electron chi connectivity index (χ2n) is 1.67. The van der Waals surface area contributed by atoms with Gasteiger partial charge in [-0.1, -0.05) is 41.0 Å². The van der Waals surface area contributed by atoms with Crippen molar-refractivity contribution in [1.29, 1.82) is 0 Å². The Bertz CT molecular complexity index is 32.8. The minimum absolute atomic E-state index is 0.431. The first-order valence-corrected chi connectivity index (χ1v) is 4.98. The third kappa shape index (κ3) is 32.6. The molecule has 0 aromatic heterocycles. The van der Waals surface area contributed by atoms with Gasteiger partial charge >= 0.3 is 0 Å². The Hall–Kier alpha value is -0.0800. The quantitative estimate of drug-likeness (QED) is 0.474. The van der Waals surface area contributed by atoms with Crippen molar-refractivity contribution in [1.82, 2.24) is 0 Å². The third-order valence-electron chi connectivity index (χ3n) is 0.843. The fraction of sp³-hybridized carbons (Fsp3) is 1.00. The number of ether oxygens (including phenoxy) is 2. The van der Waals surface area contributed by atoms with E-state index in [2.05, 4.69) is 11.7 Å². The van der Waals surface area contributed by atoms with Gasteiger partial charge in [-0.3, -0.25) is 0 Å². The molecule has 0 saturated heterocycles. The molecule has 2 heteroatoms. The molecule has 0 bridgehead atoms. The largest absolute Gasteiger partial charge is 0.359 e. The van der Waals surface area contributed by atoms with Gasteiger partial charge in [0.25, 0.3) is 0 Å². The van der Waals surface area contributed by atoms with Gasteiger partial charge in [0.2, 0.25) is 0 Å². The van der Waals surface area contributed by atoms with Crippen LogP contribution < -0.4 is 0 Å². The lowest BCUT2D eigenvalue weighted by atomic mass is 10.4. The summed E-state index contributed by atoms with van der Waals surface area (Å²) in [7, 11) is 1.63. The molecule has 0 saturated carbocycles. The summed E-state index contributed by atoms with van der Waals surface area (Å²) in [6.45, 7) is 11.4. The van der Waals surface area contributed by atoms with E-state index in [4.69, 9.17) is 4.74 Å². The van der Waals surface area contributed by atoms with Crippen molar-refractivity contribution in [3.63, 3.8) is 0 Å². The van der Waals surface area contributed by atoms with E-state index >= 15 is 0 Å². The van der Waals surface area contributed by atoms with Gasteiger partial charge in [0.15, 0.2) is 0 Å². The van der Waals surface area contributed by atoms with E-state index in [-0.39, 0.29) is 0 Å². The summed E-state index contributed by atoms with van der Waals surface area (Å²) in [6.07, 6.45) is 2.31. The second-order valence-corrected chi connectivity index (χ2v) is 1.67. The maximum Gasteiger partial charge on any atom is 0.146 e. The van der Waals surface area contributed by atoms with Crippen molar-refractivity contribution in [2.75, 3.05) is 20.5 Å². The number of unbranched alkanes of at least 4 members (excludes halogenated alkanes) is 1. The molecule has 0 aliphatic rings. The standard InChI is InChI=1S/C6H14O2.2C2H6/c1-3-4-5-8-6-7-2;2*1-2/h3-6H2,1-2H3;2*1-2H3. The van der Waals surface area contributed by atoms with Crippen molar-refractivity contribution >= 4 is 0 Å². The van der Waals surface area contributed by atoms with Crippen molar-refractivity contribution in [2.24, 2.45) is 0 Å². The summed E-state index contributed by atoms with van der Waals surface area (Å²) < 4.78 is 9.67. The molecule has 0 radical (unpaired) electrons. The van der Waals surface area contributed by atoms with E-state index in [9.17, 15) is 0 Å². The van der Waals surface area contributed by atoms with Crippen molar-refractivity contribution in [3.8, 4) is 0 Å². The average Bonchev–Trinajstić information content (AvgIpc) is 2.19. The van der Waals surface area contributed by atoms with Gasteiger partial charge < -0.3 is 9.47 Å². The lowest BCUT2D eigenvalue weighted by Gasteiger charge is -1.98. The Labute approximate surface area is 78.3 Å². The maximum absolute atomic E-state index is 5.00. The molecule has 0 aliphatic carbocycles. The minimum atomic E-state index is 0.431. The van der Waals surface area contributed by atoms with E-state index in [1.165, 1.54) is 6.42 Å². The van der Waals surface area contributed by atoms with E-state index in [1.54, 1.807) is 7.11 Å². The molecule has 0 N–H and O–H groups in total. The third-order valence-corrected chi connectivity index (χ3v) is 0.843. The molecule has 0 spiro atoms. The number of hydrogen-bond donors (Lipinski definition) is 0. The molecule has 2 nitrogen and oxygen atoms in total. The number of methoxy groups -OCH3 is 1. The summed E-state index contributed by atoms with van der Waals surface area (Å²) >= 11 is 0. The highest BCUT2D eigenvalue weighted by Gasteiger charge is 1.81. The van der Waals surface area contributed by atoms with Crippen LogP contribution in [0.15, 0.2) is 0 Å². The van der Waals surface area contributed by atoms with E-state index < -0.39 is 0 Å². The van der Waals surface area contributed by atoms with Gasteiger partial charge in [0.1, 0.15) is 6.79 Å². The molecular formula is C10H26O2. The molecular weight excluding hydrogens is 152 g/mol. The van der Waals surface area contributed by atoms with Crippen LogP contribution in [0.5, 0.6) is 0 Å². The summed E-state index contributed by atoms with van der Waals surface area (Å²) in [5.74, 6) is 0. The van der Waals surface area contributed by atoms with Crippen LogP contribution in [0.2, 0.25) is 0 Å². The highest BCUT2D eigenvalue weighted by atomic mass is 16.7. The first-order chi connectivity index (χ1) is 5.91. The van der Waals surface area contributed by atoms with Gasteiger partial charge in [0, 0.05) is 13.7 Å². The topological polar surface area (TPSA) is 18.5 Å². The normalized spacial score (nSPS) is 7.50. The van der Waals surface area contributed by atoms with Crippen LogP contribution in [0.25, 0.3) is 0 Å². The first kappa shape index (κ1) is 17.9. The van der Waals surface area contributed by atoms with Crippen LogP contribution in [0.4, 0.5) is 0 Å². The van der Waals surface area contributed by atoms with Gasteiger partial charge in [0.05, 0.1) is 0 Å². The van der Waals surface area contributed by atoms with Crippen molar-refractivity contribution in [2.45, 2.75) is 47.5 Å². The molecule has 12 heavy (non-hydrogen) atoms. The van der Waals surface area contributed by atoms with Crippen molar-refractivity contribution in [3.05, 3.63) is 0 Å². The fourth-order valence-corrected chi connectivity index (χ4v) is 0.389. The van der Waals surface area contributed by atoms with Gasteiger partial charge in [-0.15, -0.1) is 0 Å². The van der Waals surface area contributed by atoms with Crippen LogP contribution in [0, 0.1) is 0 Å². The minimum Gasteiger partial charge on any atom is -0.359 e. The Balaban J connectivity index is -0.000000175. The van der Waals surface area contributed by atoms with E-state index in [0.29, 0.717) is 6.79 Å². The van der Waals surface area contributed by atoms with Crippen LogP contribution in [0.1, 0.15) is 47.5 Å². The molecule has 0 aliphatic heterocycles. The smallest absolute Gasteiger partial charge is 0.146 e. The Morgan fingerprint density at radius 3 is 1.83 bits per heavy atom. The summed E-state index contributed by atoms with van der Waals surface area (Å²) in [5, 5.41) is 0. The molecule has 0 amide bonds.